The number of carbonyl (C=O) groups excluding carboxylic acids is 1. The molecule has 0 spiro atoms. The predicted molar refractivity (Wildman–Crippen MR) is 83.1 cm³/mol. The Balaban J connectivity index is 2.01. The maximum Gasteiger partial charge on any atom is 0.156 e. The van der Waals surface area contributed by atoms with Crippen molar-refractivity contribution in [1.29, 1.82) is 0 Å². The number of rotatable bonds is 5. The summed E-state index contributed by atoms with van der Waals surface area (Å²) in [7, 11) is 0. The van der Waals surface area contributed by atoms with Crippen molar-refractivity contribution in [1.82, 2.24) is 10.2 Å². The fourth-order valence-electron chi connectivity index (χ4n) is 2.69. The Labute approximate surface area is 122 Å². The van der Waals surface area contributed by atoms with Gasteiger partial charge in [-0.25, -0.2) is 0 Å². The Hall–Kier alpha value is -1.19. The van der Waals surface area contributed by atoms with Crippen molar-refractivity contribution in [3.8, 4) is 0 Å². The van der Waals surface area contributed by atoms with Crippen molar-refractivity contribution in [2.24, 2.45) is 0 Å². The fraction of sp³-hybridized carbons (Fsp3) is 0.588. The highest BCUT2D eigenvalue weighted by Crippen LogP contribution is 2.19. The molecule has 0 saturated carbocycles. The van der Waals surface area contributed by atoms with Crippen molar-refractivity contribution in [2.75, 3.05) is 26.2 Å². The third-order valence-corrected chi connectivity index (χ3v) is 4.39. The summed E-state index contributed by atoms with van der Waals surface area (Å²) in [5.41, 5.74) is 2.07. The Morgan fingerprint density at radius 1 is 1.15 bits per heavy atom. The quantitative estimate of drug-likeness (QED) is 0.892. The van der Waals surface area contributed by atoms with Crippen LogP contribution in [0.5, 0.6) is 0 Å². The van der Waals surface area contributed by atoms with Crippen LogP contribution in [0.4, 0.5) is 0 Å². The molecule has 0 radical (unpaired) electrons. The first-order valence-electron chi connectivity index (χ1n) is 7.61. The average molecular weight is 274 g/mol. The molecule has 1 N–H and O–H groups in total. The van der Waals surface area contributed by atoms with E-state index in [0.717, 1.165) is 38.2 Å². The lowest BCUT2D eigenvalue weighted by Crippen LogP contribution is -2.57. The molecular formula is C17H26N2O. The highest BCUT2D eigenvalue weighted by Gasteiger charge is 2.34. The normalized spacial score (nSPS) is 17.1. The van der Waals surface area contributed by atoms with Crippen LogP contribution in [-0.4, -0.2) is 42.4 Å². The van der Waals surface area contributed by atoms with Crippen molar-refractivity contribution in [3.05, 3.63) is 35.4 Å². The number of Topliss-reactive ketones (excluding diaryl/α,β-unsaturated/α-hetero) is 1. The molecule has 20 heavy (non-hydrogen) atoms. The Morgan fingerprint density at radius 2 is 1.70 bits per heavy atom. The number of piperazine rings is 1. The van der Waals surface area contributed by atoms with Gasteiger partial charge in [0.25, 0.3) is 0 Å². The third kappa shape index (κ3) is 3.47. The summed E-state index contributed by atoms with van der Waals surface area (Å²) in [5, 5.41) is 3.34. The molecule has 1 heterocycles. The lowest BCUT2D eigenvalue weighted by Gasteiger charge is -2.40. The molecule has 0 aliphatic carbocycles. The average Bonchev–Trinajstić information content (AvgIpc) is 2.49. The zero-order valence-electron chi connectivity index (χ0n) is 12.9. The lowest BCUT2D eigenvalue weighted by molar-refractivity contribution is -0.129. The molecule has 0 unspecified atom stereocenters. The number of aryl methyl sites for hydroxylation is 1. The number of hydrogen-bond donors (Lipinski definition) is 1. The van der Waals surface area contributed by atoms with Gasteiger partial charge in [-0.2, -0.15) is 0 Å². The molecule has 3 heteroatoms. The van der Waals surface area contributed by atoms with Crippen LogP contribution in [0.3, 0.4) is 0 Å². The fourth-order valence-corrected chi connectivity index (χ4v) is 2.69. The van der Waals surface area contributed by atoms with Crippen molar-refractivity contribution >= 4 is 5.78 Å². The maximum atomic E-state index is 12.6. The lowest BCUT2D eigenvalue weighted by atomic mass is 9.91. The smallest absolute Gasteiger partial charge is 0.156 e. The van der Waals surface area contributed by atoms with E-state index in [9.17, 15) is 4.79 Å². The summed E-state index contributed by atoms with van der Waals surface area (Å²) < 4.78 is 0. The second-order valence-corrected chi connectivity index (χ2v) is 6.07. The maximum absolute atomic E-state index is 12.6. The van der Waals surface area contributed by atoms with Crippen LogP contribution >= 0.6 is 0 Å². The van der Waals surface area contributed by atoms with E-state index < -0.39 is 0 Å². The van der Waals surface area contributed by atoms with Crippen molar-refractivity contribution in [3.63, 3.8) is 0 Å². The third-order valence-electron chi connectivity index (χ3n) is 4.39. The molecule has 0 aromatic heterocycles. The minimum Gasteiger partial charge on any atom is -0.314 e. The van der Waals surface area contributed by atoms with Crippen LogP contribution in [0.2, 0.25) is 0 Å². The number of nitrogens with zero attached hydrogens (tertiary/aromatic N) is 1. The van der Waals surface area contributed by atoms with Crippen molar-refractivity contribution in [2.45, 2.75) is 39.2 Å². The molecule has 2 rings (SSSR count). The standard InChI is InChI=1S/C17H26N2O/c1-4-14-5-7-15(8-6-14)13-16(20)17(2,3)19-11-9-18-10-12-19/h5-8,18H,4,9-13H2,1-3H3. The summed E-state index contributed by atoms with van der Waals surface area (Å²) in [6.45, 7) is 10.1. The summed E-state index contributed by atoms with van der Waals surface area (Å²) in [5.74, 6) is 0.309. The first kappa shape index (κ1) is 15.2. The zero-order chi connectivity index (χ0) is 14.6. The van der Waals surface area contributed by atoms with Gasteiger partial charge in [-0.15, -0.1) is 0 Å². The number of benzene rings is 1. The molecular weight excluding hydrogens is 248 g/mol. The first-order valence-corrected chi connectivity index (χ1v) is 7.61. The Bertz CT molecular complexity index is 445. The van der Waals surface area contributed by atoms with Crippen LogP contribution in [0.1, 0.15) is 31.9 Å². The molecule has 110 valence electrons. The van der Waals surface area contributed by atoms with Crippen LogP contribution in [0, 0.1) is 0 Å². The second-order valence-electron chi connectivity index (χ2n) is 6.07. The SMILES string of the molecule is CCc1ccc(CC(=O)C(C)(C)N2CCNCC2)cc1. The van der Waals surface area contributed by atoms with Gasteiger partial charge in [0.15, 0.2) is 5.78 Å². The Kier molecular flexibility index (Phi) is 4.95. The number of carbonyl (C=O) groups is 1. The van der Waals surface area contributed by atoms with Gasteiger partial charge < -0.3 is 5.32 Å². The monoisotopic (exact) mass is 274 g/mol. The van der Waals surface area contributed by atoms with Gasteiger partial charge in [-0.1, -0.05) is 31.2 Å². The van der Waals surface area contributed by atoms with E-state index in [1.165, 1.54) is 5.56 Å². The van der Waals surface area contributed by atoms with Gasteiger partial charge in [-0.05, 0) is 31.4 Å². The van der Waals surface area contributed by atoms with Crippen molar-refractivity contribution < 1.29 is 4.79 Å². The number of ketones is 1. The van der Waals surface area contributed by atoms with Gasteiger partial charge in [0.1, 0.15) is 0 Å². The van der Waals surface area contributed by atoms with Gasteiger partial charge in [0.05, 0.1) is 5.54 Å². The van der Waals surface area contributed by atoms with E-state index >= 15 is 0 Å². The molecule has 1 aromatic rings. The van der Waals surface area contributed by atoms with E-state index in [2.05, 4.69) is 55.3 Å². The zero-order valence-corrected chi connectivity index (χ0v) is 12.9. The van der Waals surface area contributed by atoms with E-state index in [0.29, 0.717) is 12.2 Å². The van der Waals surface area contributed by atoms with Crippen LogP contribution < -0.4 is 5.32 Å². The summed E-state index contributed by atoms with van der Waals surface area (Å²) in [6.07, 6.45) is 1.57. The van der Waals surface area contributed by atoms with Crippen LogP contribution in [-0.2, 0) is 17.6 Å². The van der Waals surface area contributed by atoms with Crippen LogP contribution in [0.25, 0.3) is 0 Å². The van der Waals surface area contributed by atoms with E-state index in [-0.39, 0.29) is 5.54 Å². The minimum atomic E-state index is -0.370. The minimum absolute atomic E-state index is 0.309. The topological polar surface area (TPSA) is 32.3 Å². The molecule has 0 bridgehead atoms. The summed E-state index contributed by atoms with van der Waals surface area (Å²) in [4.78, 5) is 14.9. The summed E-state index contributed by atoms with van der Waals surface area (Å²) >= 11 is 0. The highest BCUT2D eigenvalue weighted by molar-refractivity contribution is 5.89. The summed E-state index contributed by atoms with van der Waals surface area (Å²) in [6, 6.07) is 8.43. The predicted octanol–water partition coefficient (Wildman–Crippen LogP) is 2.04. The van der Waals surface area contributed by atoms with Gasteiger partial charge in [0, 0.05) is 32.6 Å². The second kappa shape index (κ2) is 6.51. The number of hydrogen-bond acceptors (Lipinski definition) is 3. The molecule has 0 amide bonds. The van der Waals surface area contributed by atoms with E-state index in [1.807, 2.05) is 0 Å². The van der Waals surface area contributed by atoms with Crippen LogP contribution in [0.15, 0.2) is 24.3 Å². The van der Waals surface area contributed by atoms with Gasteiger partial charge in [0.2, 0.25) is 0 Å². The molecule has 1 saturated heterocycles. The molecule has 1 aliphatic heterocycles. The van der Waals surface area contributed by atoms with Gasteiger partial charge >= 0.3 is 0 Å². The number of nitrogens with one attached hydrogen (secondary N) is 1. The van der Waals surface area contributed by atoms with E-state index in [4.69, 9.17) is 0 Å². The van der Waals surface area contributed by atoms with E-state index in [1.54, 1.807) is 0 Å². The highest BCUT2D eigenvalue weighted by atomic mass is 16.1. The largest absolute Gasteiger partial charge is 0.314 e. The molecule has 1 aliphatic rings. The molecule has 0 atom stereocenters. The molecule has 1 fully saturated rings. The molecule has 3 nitrogen and oxygen atoms in total. The first-order chi connectivity index (χ1) is 9.54. The Morgan fingerprint density at radius 3 is 2.25 bits per heavy atom. The van der Waals surface area contributed by atoms with Gasteiger partial charge in [-0.3, -0.25) is 9.69 Å². The molecule has 1 aromatic carbocycles.